The Bertz CT molecular complexity index is 827. The van der Waals surface area contributed by atoms with Crippen LogP contribution in [0.3, 0.4) is 0 Å². The summed E-state index contributed by atoms with van der Waals surface area (Å²) in [6, 6.07) is 16.0. The lowest BCUT2D eigenvalue weighted by Gasteiger charge is -2.25. The van der Waals surface area contributed by atoms with Gasteiger partial charge in [-0.15, -0.1) is 0 Å². The average molecular weight is 430 g/mol. The van der Waals surface area contributed by atoms with Crippen molar-refractivity contribution in [2.75, 3.05) is 6.61 Å². The molecule has 0 heterocycles. The summed E-state index contributed by atoms with van der Waals surface area (Å²) >= 11 is 0. The van der Waals surface area contributed by atoms with Gasteiger partial charge >= 0.3 is 0 Å². The first-order valence-electron chi connectivity index (χ1n) is 10.2. The van der Waals surface area contributed by atoms with Gasteiger partial charge in [0.15, 0.2) is 0 Å². The smallest absolute Gasteiger partial charge is 0.240 e. The van der Waals surface area contributed by atoms with Crippen molar-refractivity contribution in [2.45, 2.75) is 44.8 Å². The SMILES string of the molecule is CC(C)c1ccc(C[C@@H](C(=O)N[C@@H](Cc2ccccc2)C(N)=O)C(O)CONO)cc1. The number of rotatable bonds is 12. The second-order valence-electron chi connectivity index (χ2n) is 7.83. The van der Waals surface area contributed by atoms with Gasteiger partial charge in [-0.2, -0.15) is 0 Å². The fourth-order valence-electron chi connectivity index (χ4n) is 3.29. The standard InChI is InChI=1S/C23H31N3O5/c1-15(2)18-10-8-17(9-11-18)12-19(21(27)14-31-26-30)23(29)25-20(22(24)28)13-16-6-4-3-5-7-16/h3-11,15,19-21,26-27,30H,12-14H2,1-2H3,(H2,24,28)(H,25,29)/t19-,20+,21?/m1/s1. The molecular weight excluding hydrogens is 398 g/mol. The highest BCUT2D eigenvalue weighted by molar-refractivity contribution is 5.88. The van der Waals surface area contributed by atoms with Crippen molar-refractivity contribution in [3.05, 3.63) is 71.3 Å². The lowest BCUT2D eigenvalue weighted by molar-refractivity contribution is -0.158. The number of carbonyl (C=O) groups is 2. The molecule has 31 heavy (non-hydrogen) atoms. The minimum Gasteiger partial charge on any atom is -0.390 e. The van der Waals surface area contributed by atoms with E-state index < -0.39 is 29.9 Å². The molecule has 6 N–H and O–H groups in total. The van der Waals surface area contributed by atoms with Crippen molar-refractivity contribution in [1.82, 2.24) is 11.0 Å². The van der Waals surface area contributed by atoms with Crippen molar-refractivity contribution >= 4 is 11.8 Å². The first kappa shape index (κ1) is 24.5. The number of nitrogens with two attached hydrogens (primary N) is 1. The van der Waals surface area contributed by atoms with Gasteiger partial charge in [-0.05, 0) is 29.0 Å². The lowest BCUT2D eigenvalue weighted by atomic mass is 9.91. The Morgan fingerprint density at radius 2 is 1.61 bits per heavy atom. The summed E-state index contributed by atoms with van der Waals surface area (Å²) in [5.74, 6) is -1.74. The third-order valence-corrected chi connectivity index (χ3v) is 5.16. The molecule has 0 aromatic heterocycles. The molecule has 8 nitrogen and oxygen atoms in total. The van der Waals surface area contributed by atoms with Gasteiger partial charge in [0.05, 0.1) is 18.6 Å². The van der Waals surface area contributed by atoms with Crippen LogP contribution in [0.5, 0.6) is 0 Å². The second-order valence-corrected chi connectivity index (χ2v) is 7.83. The molecule has 0 saturated heterocycles. The number of carbonyl (C=O) groups excluding carboxylic acids is 2. The van der Waals surface area contributed by atoms with E-state index in [0.29, 0.717) is 5.92 Å². The molecule has 0 radical (unpaired) electrons. The average Bonchev–Trinajstić information content (AvgIpc) is 2.76. The van der Waals surface area contributed by atoms with Crippen LogP contribution >= 0.6 is 0 Å². The van der Waals surface area contributed by atoms with Crippen molar-refractivity contribution in [3.63, 3.8) is 0 Å². The molecule has 2 amide bonds. The molecule has 0 spiro atoms. The largest absolute Gasteiger partial charge is 0.390 e. The quantitative estimate of drug-likeness (QED) is 0.324. The Kier molecular flexibility index (Phi) is 9.61. The summed E-state index contributed by atoms with van der Waals surface area (Å²) in [5, 5.41) is 21.8. The van der Waals surface area contributed by atoms with Crippen LogP contribution in [-0.4, -0.2) is 40.9 Å². The zero-order chi connectivity index (χ0) is 22.8. The third-order valence-electron chi connectivity index (χ3n) is 5.16. The van der Waals surface area contributed by atoms with Gasteiger partial charge in [-0.3, -0.25) is 19.6 Å². The lowest BCUT2D eigenvalue weighted by Crippen LogP contribution is -2.50. The Labute approximate surface area is 182 Å². The molecule has 1 unspecified atom stereocenters. The van der Waals surface area contributed by atoms with Gasteiger partial charge < -0.3 is 16.2 Å². The number of aliphatic hydroxyl groups excluding tert-OH is 1. The van der Waals surface area contributed by atoms with E-state index in [9.17, 15) is 14.7 Å². The Morgan fingerprint density at radius 1 is 1.00 bits per heavy atom. The molecule has 0 bridgehead atoms. The first-order chi connectivity index (χ1) is 14.8. The number of primary amides is 1. The minimum absolute atomic E-state index is 0.219. The summed E-state index contributed by atoms with van der Waals surface area (Å²) in [4.78, 5) is 29.6. The fourth-order valence-corrected chi connectivity index (χ4v) is 3.29. The van der Waals surface area contributed by atoms with Crippen LogP contribution in [0.2, 0.25) is 0 Å². The van der Waals surface area contributed by atoms with Crippen molar-refractivity contribution in [2.24, 2.45) is 11.7 Å². The van der Waals surface area contributed by atoms with Gasteiger partial charge in [-0.25, -0.2) is 0 Å². The maximum Gasteiger partial charge on any atom is 0.240 e. The highest BCUT2D eigenvalue weighted by Crippen LogP contribution is 2.19. The monoisotopic (exact) mass is 429 g/mol. The van der Waals surface area contributed by atoms with Crippen molar-refractivity contribution in [1.29, 1.82) is 0 Å². The number of benzene rings is 2. The van der Waals surface area contributed by atoms with E-state index in [2.05, 4.69) is 24.0 Å². The highest BCUT2D eigenvalue weighted by Gasteiger charge is 2.30. The van der Waals surface area contributed by atoms with Crippen molar-refractivity contribution < 1.29 is 24.7 Å². The zero-order valence-corrected chi connectivity index (χ0v) is 17.8. The zero-order valence-electron chi connectivity index (χ0n) is 17.8. The molecule has 0 aliphatic carbocycles. The predicted molar refractivity (Wildman–Crippen MR) is 116 cm³/mol. The van der Waals surface area contributed by atoms with E-state index in [0.717, 1.165) is 16.7 Å². The van der Waals surface area contributed by atoms with E-state index in [1.807, 2.05) is 54.6 Å². The van der Waals surface area contributed by atoms with E-state index in [4.69, 9.17) is 10.9 Å². The topological polar surface area (TPSA) is 134 Å². The van der Waals surface area contributed by atoms with Gasteiger partial charge in [0, 0.05) is 6.42 Å². The molecule has 0 saturated carbocycles. The predicted octanol–water partition coefficient (Wildman–Crippen LogP) is 1.45. The number of aliphatic hydroxyl groups is 1. The molecule has 0 aliphatic heterocycles. The fraction of sp³-hybridized carbons (Fsp3) is 0.391. The van der Waals surface area contributed by atoms with Gasteiger partial charge in [0.25, 0.3) is 0 Å². The summed E-state index contributed by atoms with van der Waals surface area (Å²) < 4.78 is 0. The first-order valence-corrected chi connectivity index (χ1v) is 10.2. The Hall–Kier alpha value is -2.78. The number of hydrogen-bond donors (Lipinski definition) is 5. The summed E-state index contributed by atoms with van der Waals surface area (Å²) in [6.45, 7) is 3.86. The molecule has 8 heteroatoms. The number of hydrogen-bond acceptors (Lipinski definition) is 6. The van der Waals surface area contributed by atoms with Crippen LogP contribution in [-0.2, 0) is 27.3 Å². The van der Waals surface area contributed by atoms with Gasteiger partial charge in [0.2, 0.25) is 11.8 Å². The third kappa shape index (κ3) is 7.76. The molecular formula is C23H31N3O5. The Balaban J connectivity index is 2.16. The Morgan fingerprint density at radius 3 is 2.16 bits per heavy atom. The minimum atomic E-state index is -1.23. The molecule has 3 atom stereocenters. The molecule has 2 aromatic carbocycles. The van der Waals surface area contributed by atoms with Crippen LogP contribution < -0.4 is 16.7 Å². The maximum atomic E-state index is 13.0. The van der Waals surface area contributed by atoms with Gasteiger partial charge in [0.1, 0.15) is 6.04 Å². The number of nitrogens with one attached hydrogen (secondary N) is 2. The van der Waals surface area contributed by atoms with Crippen LogP contribution in [0.15, 0.2) is 54.6 Å². The molecule has 168 valence electrons. The van der Waals surface area contributed by atoms with Gasteiger partial charge in [-0.1, -0.05) is 74.1 Å². The maximum absolute atomic E-state index is 13.0. The molecule has 0 aliphatic rings. The summed E-state index contributed by atoms with van der Waals surface area (Å²) in [7, 11) is 0. The van der Waals surface area contributed by atoms with Crippen LogP contribution in [0.25, 0.3) is 0 Å². The van der Waals surface area contributed by atoms with Crippen LogP contribution in [0.1, 0.15) is 36.5 Å². The van der Waals surface area contributed by atoms with Crippen LogP contribution in [0, 0.1) is 5.92 Å². The molecule has 2 aromatic rings. The molecule has 0 fully saturated rings. The van der Waals surface area contributed by atoms with Crippen molar-refractivity contribution in [3.8, 4) is 0 Å². The van der Waals surface area contributed by atoms with E-state index in [-0.39, 0.29) is 19.4 Å². The normalized spacial score (nSPS) is 14.1. The van der Waals surface area contributed by atoms with Crippen LogP contribution in [0.4, 0.5) is 0 Å². The summed E-state index contributed by atoms with van der Waals surface area (Å²) in [5.41, 5.74) is 9.86. The highest BCUT2D eigenvalue weighted by atomic mass is 16.8. The summed E-state index contributed by atoms with van der Waals surface area (Å²) in [6.07, 6.45) is -0.769. The van der Waals surface area contributed by atoms with E-state index >= 15 is 0 Å². The second kappa shape index (κ2) is 12.2. The van der Waals surface area contributed by atoms with E-state index in [1.165, 1.54) is 5.64 Å². The number of amides is 2. The van der Waals surface area contributed by atoms with E-state index in [1.54, 1.807) is 0 Å². The molecule has 2 rings (SSSR count).